The average molecular weight is 179 g/mol. The molecule has 0 aromatic heterocycles. The van der Waals surface area contributed by atoms with Gasteiger partial charge in [-0.15, -0.1) is 0 Å². The molecule has 2 heteroatoms. The quantitative estimate of drug-likeness (QED) is 0.746. The zero-order valence-electron chi connectivity index (χ0n) is 8.25. The van der Waals surface area contributed by atoms with Crippen LogP contribution in [0.5, 0.6) is 5.75 Å². The van der Waals surface area contributed by atoms with Crippen LogP contribution in [-0.4, -0.2) is 10.6 Å². The lowest BCUT2D eigenvalue weighted by Gasteiger charge is -2.17. The van der Waals surface area contributed by atoms with E-state index in [0.717, 1.165) is 12.8 Å². The molecule has 0 aliphatic carbocycles. The minimum atomic E-state index is -0.113. The van der Waals surface area contributed by atoms with Gasteiger partial charge in [0.15, 0.2) is 0 Å². The van der Waals surface area contributed by atoms with Gasteiger partial charge < -0.3 is 10.8 Å². The Morgan fingerprint density at radius 2 is 1.77 bits per heavy atom. The van der Waals surface area contributed by atoms with E-state index in [-0.39, 0.29) is 5.54 Å². The molecule has 1 aromatic carbocycles. The highest BCUT2D eigenvalue weighted by molar-refractivity contribution is 5.26. The molecule has 0 fully saturated rings. The Morgan fingerprint density at radius 3 is 2.23 bits per heavy atom. The molecule has 0 radical (unpaired) electrons. The number of aromatic hydroxyl groups is 1. The Kier molecular flexibility index (Phi) is 2.94. The van der Waals surface area contributed by atoms with Gasteiger partial charge in [0, 0.05) is 5.54 Å². The van der Waals surface area contributed by atoms with Crippen molar-refractivity contribution in [3.63, 3.8) is 0 Å². The summed E-state index contributed by atoms with van der Waals surface area (Å²) in [6, 6.07) is 7.28. The molecule has 0 heterocycles. The summed E-state index contributed by atoms with van der Waals surface area (Å²) in [5.41, 5.74) is 6.97. The van der Waals surface area contributed by atoms with Gasteiger partial charge in [0.2, 0.25) is 0 Å². The van der Waals surface area contributed by atoms with Crippen LogP contribution < -0.4 is 5.73 Å². The fraction of sp³-hybridized carbons (Fsp3) is 0.455. The summed E-state index contributed by atoms with van der Waals surface area (Å²) in [6.07, 6.45) is 1.92. The van der Waals surface area contributed by atoms with Gasteiger partial charge in [-0.25, -0.2) is 0 Å². The second kappa shape index (κ2) is 3.79. The molecule has 0 aliphatic heterocycles. The van der Waals surface area contributed by atoms with Crippen molar-refractivity contribution < 1.29 is 5.11 Å². The highest BCUT2D eigenvalue weighted by Gasteiger charge is 2.09. The minimum absolute atomic E-state index is 0.113. The van der Waals surface area contributed by atoms with Gasteiger partial charge in [-0.3, -0.25) is 0 Å². The molecule has 1 rings (SSSR count). The highest BCUT2D eigenvalue weighted by atomic mass is 16.3. The zero-order chi connectivity index (χ0) is 9.90. The number of aryl methyl sites for hydroxylation is 1. The summed E-state index contributed by atoms with van der Waals surface area (Å²) >= 11 is 0. The Hall–Kier alpha value is -1.02. The van der Waals surface area contributed by atoms with Gasteiger partial charge in [-0.05, 0) is 44.4 Å². The fourth-order valence-corrected chi connectivity index (χ4v) is 1.13. The van der Waals surface area contributed by atoms with Crippen LogP contribution in [0, 0.1) is 0 Å². The number of hydrogen-bond donors (Lipinski definition) is 2. The first kappa shape index (κ1) is 10.1. The van der Waals surface area contributed by atoms with Crippen molar-refractivity contribution >= 4 is 0 Å². The van der Waals surface area contributed by atoms with Gasteiger partial charge in [0.1, 0.15) is 5.75 Å². The molecular weight excluding hydrogens is 162 g/mol. The largest absolute Gasteiger partial charge is 0.508 e. The van der Waals surface area contributed by atoms with E-state index in [9.17, 15) is 0 Å². The minimum Gasteiger partial charge on any atom is -0.508 e. The summed E-state index contributed by atoms with van der Waals surface area (Å²) in [5.74, 6) is 0.316. The van der Waals surface area contributed by atoms with E-state index in [4.69, 9.17) is 10.8 Å². The second-order valence-corrected chi connectivity index (χ2v) is 4.16. The predicted octanol–water partition coefficient (Wildman–Crippen LogP) is 2.06. The molecule has 0 bridgehead atoms. The molecule has 72 valence electrons. The fourth-order valence-electron chi connectivity index (χ4n) is 1.13. The van der Waals surface area contributed by atoms with E-state index in [2.05, 4.69) is 0 Å². The third-order valence-electron chi connectivity index (χ3n) is 1.99. The Labute approximate surface area is 79.4 Å². The van der Waals surface area contributed by atoms with E-state index in [1.165, 1.54) is 5.56 Å². The standard InChI is InChI=1S/C11H17NO/c1-11(2,12)8-7-9-3-5-10(13)6-4-9/h3-6,13H,7-8,12H2,1-2H3. The zero-order valence-corrected chi connectivity index (χ0v) is 8.25. The first-order valence-electron chi connectivity index (χ1n) is 4.54. The predicted molar refractivity (Wildman–Crippen MR) is 54.7 cm³/mol. The Balaban J connectivity index is 2.51. The van der Waals surface area contributed by atoms with Crippen LogP contribution in [0.2, 0.25) is 0 Å². The van der Waals surface area contributed by atoms with E-state index in [1.807, 2.05) is 26.0 Å². The number of hydrogen-bond acceptors (Lipinski definition) is 2. The van der Waals surface area contributed by atoms with E-state index < -0.39 is 0 Å². The highest BCUT2D eigenvalue weighted by Crippen LogP contribution is 2.14. The summed E-state index contributed by atoms with van der Waals surface area (Å²) in [7, 11) is 0. The van der Waals surface area contributed by atoms with Crippen molar-refractivity contribution in [3.8, 4) is 5.75 Å². The number of benzene rings is 1. The van der Waals surface area contributed by atoms with Crippen molar-refractivity contribution in [2.24, 2.45) is 5.73 Å². The molecule has 0 spiro atoms. The summed E-state index contributed by atoms with van der Waals surface area (Å²) in [5, 5.41) is 9.06. The number of rotatable bonds is 3. The topological polar surface area (TPSA) is 46.2 Å². The maximum Gasteiger partial charge on any atom is 0.115 e. The molecule has 0 saturated carbocycles. The molecule has 0 atom stereocenters. The molecular formula is C11H17NO. The van der Waals surface area contributed by atoms with Gasteiger partial charge in [-0.1, -0.05) is 12.1 Å². The lowest BCUT2D eigenvalue weighted by atomic mass is 9.97. The summed E-state index contributed by atoms with van der Waals surface area (Å²) in [4.78, 5) is 0. The van der Waals surface area contributed by atoms with E-state index in [0.29, 0.717) is 5.75 Å². The summed E-state index contributed by atoms with van der Waals surface area (Å²) < 4.78 is 0. The first-order chi connectivity index (χ1) is 5.97. The van der Waals surface area contributed by atoms with Crippen LogP contribution in [0.1, 0.15) is 25.8 Å². The normalized spacial score (nSPS) is 11.6. The first-order valence-corrected chi connectivity index (χ1v) is 4.54. The van der Waals surface area contributed by atoms with Crippen molar-refractivity contribution in [3.05, 3.63) is 29.8 Å². The van der Waals surface area contributed by atoms with Crippen LogP contribution in [0.25, 0.3) is 0 Å². The molecule has 2 nitrogen and oxygen atoms in total. The van der Waals surface area contributed by atoms with Gasteiger partial charge >= 0.3 is 0 Å². The molecule has 0 unspecified atom stereocenters. The maximum absolute atomic E-state index is 9.06. The van der Waals surface area contributed by atoms with Crippen LogP contribution in [-0.2, 0) is 6.42 Å². The lowest BCUT2D eigenvalue weighted by molar-refractivity contribution is 0.471. The molecule has 0 amide bonds. The van der Waals surface area contributed by atoms with Crippen molar-refractivity contribution in [1.82, 2.24) is 0 Å². The van der Waals surface area contributed by atoms with Gasteiger partial charge in [0.05, 0.1) is 0 Å². The van der Waals surface area contributed by atoms with Crippen LogP contribution in [0.3, 0.4) is 0 Å². The van der Waals surface area contributed by atoms with Crippen molar-refractivity contribution in [1.29, 1.82) is 0 Å². The number of phenolic OH excluding ortho intramolecular Hbond substituents is 1. The molecule has 1 aromatic rings. The SMILES string of the molecule is CC(C)(N)CCc1ccc(O)cc1. The smallest absolute Gasteiger partial charge is 0.115 e. The molecule has 13 heavy (non-hydrogen) atoms. The van der Waals surface area contributed by atoms with Crippen molar-refractivity contribution in [2.45, 2.75) is 32.2 Å². The van der Waals surface area contributed by atoms with Crippen LogP contribution in [0.4, 0.5) is 0 Å². The number of phenols is 1. The summed E-state index contributed by atoms with van der Waals surface area (Å²) in [6.45, 7) is 4.04. The van der Waals surface area contributed by atoms with Crippen molar-refractivity contribution in [2.75, 3.05) is 0 Å². The molecule has 0 aliphatic rings. The monoisotopic (exact) mass is 179 g/mol. The Bertz CT molecular complexity index is 258. The second-order valence-electron chi connectivity index (χ2n) is 4.16. The third kappa shape index (κ3) is 3.95. The van der Waals surface area contributed by atoms with Crippen LogP contribution in [0.15, 0.2) is 24.3 Å². The van der Waals surface area contributed by atoms with Gasteiger partial charge in [0.25, 0.3) is 0 Å². The number of nitrogens with two attached hydrogens (primary N) is 1. The molecule has 0 saturated heterocycles. The van der Waals surface area contributed by atoms with E-state index in [1.54, 1.807) is 12.1 Å². The average Bonchev–Trinajstić information content (AvgIpc) is 2.02. The van der Waals surface area contributed by atoms with Crippen LogP contribution >= 0.6 is 0 Å². The van der Waals surface area contributed by atoms with Gasteiger partial charge in [-0.2, -0.15) is 0 Å². The Morgan fingerprint density at radius 1 is 1.23 bits per heavy atom. The third-order valence-corrected chi connectivity index (χ3v) is 1.99. The molecule has 3 N–H and O–H groups in total. The lowest BCUT2D eigenvalue weighted by Crippen LogP contribution is -2.32. The maximum atomic E-state index is 9.06. The van der Waals surface area contributed by atoms with E-state index >= 15 is 0 Å².